The molecule has 2 aromatic rings. The average molecular weight is 206 g/mol. The van der Waals surface area contributed by atoms with Crippen molar-refractivity contribution in [2.24, 2.45) is 0 Å². The molecule has 0 aliphatic rings. The Morgan fingerprint density at radius 3 is 2.80 bits per heavy atom. The summed E-state index contributed by atoms with van der Waals surface area (Å²) < 4.78 is 9.30. The molecule has 0 aliphatic heterocycles. The van der Waals surface area contributed by atoms with Gasteiger partial charge in [-0.15, -0.1) is 0 Å². The molecule has 0 aliphatic carbocycles. The Hall–Kier alpha value is -2.30. The van der Waals surface area contributed by atoms with E-state index in [-0.39, 0.29) is 11.1 Å². The molecule has 5 heteroatoms. The minimum absolute atomic E-state index is 0.288. The first kappa shape index (κ1) is 9.26. The van der Waals surface area contributed by atoms with Crippen LogP contribution in [0.25, 0.3) is 11.0 Å². The second-order valence-corrected chi connectivity index (χ2v) is 2.79. The highest BCUT2D eigenvalue weighted by Crippen LogP contribution is 2.14. The second kappa shape index (κ2) is 3.45. The summed E-state index contributed by atoms with van der Waals surface area (Å²) in [5.41, 5.74) is -0.112. The fourth-order valence-electron chi connectivity index (χ4n) is 1.22. The quantitative estimate of drug-likeness (QED) is 0.720. The molecule has 0 bridgehead atoms. The summed E-state index contributed by atoms with van der Waals surface area (Å²) in [6, 6.07) is 6.52. The molecule has 0 spiro atoms. The van der Waals surface area contributed by atoms with Crippen LogP contribution in [0, 0.1) is 0 Å². The molecule has 0 saturated heterocycles. The number of carboxylic acid groups (broad SMARTS) is 1. The first-order chi connectivity index (χ1) is 7.18. The van der Waals surface area contributed by atoms with Gasteiger partial charge in [-0.2, -0.15) is 0 Å². The number of rotatable bonds is 1. The molecular weight excluding hydrogens is 200 g/mol. The molecule has 2 rings (SSSR count). The van der Waals surface area contributed by atoms with Gasteiger partial charge >= 0.3 is 6.16 Å². The van der Waals surface area contributed by atoms with Gasteiger partial charge in [0.15, 0.2) is 0 Å². The average Bonchev–Trinajstić information content (AvgIpc) is 2.22. The molecule has 0 fully saturated rings. The zero-order valence-corrected chi connectivity index (χ0v) is 7.47. The van der Waals surface area contributed by atoms with Gasteiger partial charge in [-0.3, -0.25) is 4.79 Å². The predicted octanol–water partition coefficient (Wildman–Crippen LogP) is 1.85. The van der Waals surface area contributed by atoms with E-state index in [0.717, 1.165) is 6.26 Å². The zero-order valence-electron chi connectivity index (χ0n) is 7.47. The maximum absolute atomic E-state index is 11.6. The number of hydrogen-bond acceptors (Lipinski definition) is 4. The molecule has 1 heterocycles. The third kappa shape index (κ3) is 1.67. The van der Waals surface area contributed by atoms with Crippen LogP contribution in [-0.4, -0.2) is 11.3 Å². The number of benzene rings is 1. The highest BCUT2D eigenvalue weighted by Gasteiger charge is 2.10. The molecule has 76 valence electrons. The van der Waals surface area contributed by atoms with E-state index >= 15 is 0 Å². The Kier molecular flexibility index (Phi) is 2.13. The summed E-state index contributed by atoms with van der Waals surface area (Å²) in [5.74, 6) is -0.332. The fourth-order valence-corrected chi connectivity index (χ4v) is 1.22. The lowest BCUT2D eigenvalue weighted by molar-refractivity contribution is 0.143. The van der Waals surface area contributed by atoms with Crippen LogP contribution in [0.1, 0.15) is 0 Å². The van der Waals surface area contributed by atoms with Crippen molar-refractivity contribution in [3.05, 3.63) is 40.8 Å². The van der Waals surface area contributed by atoms with E-state index in [2.05, 4.69) is 4.74 Å². The Morgan fingerprint density at radius 2 is 2.07 bits per heavy atom. The molecule has 0 radical (unpaired) electrons. The largest absolute Gasteiger partial charge is 0.511 e. The van der Waals surface area contributed by atoms with Crippen molar-refractivity contribution in [1.82, 2.24) is 0 Å². The lowest BCUT2D eigenvalue weighted by atomic mass is 10.2. The SMILES string of the molecule is O=C(O)Oc1coc2ccccc2c1=O. The third-order valence-corrected chi connectivity index (χ3v) is 1.85. The molecule has 1 aromatic carbocycles. The van der Waals surface area contributed by atoms with Gasteiger partial charge in [-0.05, 0) is 12.1 Å². The summed E-state index contributed by atoms with van der Waals surface area (Å²) in [5, 5.41) is 8.65. The van der Waals surface area contributed by atoms with Crippen LogP contribution in [0.5, 0.6) is 5.75 Å². The standard InChI is InChI=1S/C10H6O5/c11-9-6-3-1-2-4-7(6)14-5-8(9)15-10(12)13/h1-5H,(H,12,13). The highest BCUT2D eigenvalue weighted by molar-refractivity contribution is 5.77. The first-order valence-corrected chi connectivity index (χ1v) is 4.10. The summed E-state index contributed by atoms with van der Waals surface area (Å²) in [6.45, 7) is 0. The van der Waals surface area contributed by atoms with Crippen LogP contribution in [0.4, 0.5) is 4.79 Å². The predicted molar refractivity (Wildman–Crippen MR) is 51.1 cm³/mol. The van der Waals surface area contributed by atoms with Gasteiger partial charge in [-0.1, -0.05) is 12.1 Å². The monoisotopic (exact) mass is 206 g/mol. The van der Waals surface area contributed by atoms with Crippen molar-refractivity contribution in [2.45, 2.75) is 0 Å². The maximum atomic E-state index is 11.6. The number of para-hydroxylation sites is 1. The van der Waals surface area contributed by atoms with Crippen molar-refractivity contribution in [3.63, 3.8) is 0 Å². The Labute approximate surface area is 83.5 Å². The van der Waals surface area contributed by atoms with Gasteiger partial charge < -0.3 is 14.3 Å². The molecule has 15 heavy (non-hydrogen) atoms. The molecule has 5 nitrogen and oxygen atoms in total. The number of hydrogen-bond donors (Lipinski definition) is 1. The van der Waals surface area contributed by atoms with Gasteiger partial charge in [0.2, 0.25) is 11.2 Å². The van der Waals surface area contributed by atoms with Gasteiger partial charge in [0, 0.05) is 0 Å². The number of fused-ring (bicyclic) bond motifs is 1. The summed E-state index contributed by atoms with van der Waals surface area (Å²) in [4.78, 5) is 21.9. The normalized spacial score (nSPS) is 10.1. The Balaban J connectivity index is 2.65. The van der Waals surface area contributed by atoms with E-state index in [1.165, 1.54) is 6.07 Å². The van der Waals surface area contributed by atoms with Crippen molar-refractivity contribution in [2.75, 3.05) is 0 Å². The van der Waals surface area contributed by atoms with E-state index in [0.29, 0.717) is 5.58 Å². The van der Waals surface area contributed by atoms with E-state index < -0.39 is 11.6 Å². The third-order valence-electron chi connectivity index (χ3n) is 1.85. The molecular formula is C10H6O5. The minimum atomic E-state index is -1.54. The molecule has 0 amide bonds. The Morgan fingerprint density at radius 1 is 1.33 bits per heavy atom. The van der Waals surface area contributed by atoms with Crippen LogP contribution in [0.3, 0.4) is 0 Å². The maximum Gasteiger partial charge on any atom is 0.511 e. The van der Waals surface area contributed by atoms with Crippen LogP contribution in [0.15, 0.2) is 39.7 Å². The van der Waals surface area contributed by atoms with Crippen LogP contribution in [0.2, 0.25) is 0 Å². The number of carbonyl (C=O) groups is 1. The first-order valence-electron chi connectivity index (χ1n) is 4.10. The lowest BCUT2D eigenvalue weighted by Gasteiger charge is -1.99. The lowest BCUT2D eigenvalue weighted by Crippen LogP contribution is -2.12. The van der Waals surface area contributed by atoms with E-state index in [1.54, 1.807) is 18.2 Å². The van der Waals surface area contributed by atoms with Crippen LogP contribution >= 0.6 is 0 Å². The molecule has 1 aromatic heterocycles. The topological polar surface area (TPSA) is 76.7 Å². The van der Waals surface area contributed by atoms with Gasteiger partial charge in [0.25, 0.3) is 0 Å². The summed E-state index contributed by atoms with van der Waals surface area (Å²) >= 11 is 0. The Bertz CT molecular complexity index is 569. The van der Waals surface area contributed by atoms with Gasteiger partial charge in [0.05, 0.1) is 5.39 Å². The second-order valence-electron chi connectivity index (χ2n) is 2.79. The molecule has 0 atom stereocenters. The van der Waals surface area contributed by atoms with Gasteiger partial charge in [-0.25, -0.2) is 4.79 Å². The highest BCUT2D eigenvalue weighted by atomic mass is 16.7. The van der Waals surface area contributed by atoms with E-state index in [1.807, 2.05) is 0 Å². The molecule has 0 unspecified atom stereocenters. The fraction of sp³-hybridized carbons (Fsp3) is 0. The van der Waals surface area contributed by atoms with Crippen molar-refractivity contribution in [3.8, 4) is 5.75 Å². The van der Waals surface area contributed by atoms with Crippen LogP contribution < -0.4 is 10.2 Å². The van der Waals surface area contributed by atoms with Crippen molar-refractivity contribution in [1.29, 1.82) is 0 Å². The number of ether oxygens (including phenoxy) is 1. The molecule has 0 saturated carbocycles. The molecule has 1 N–H and O–H groups in total. The van der Waals surface area contributed by atoms with Gasteiger partial charge in [0.1, 0.15) is 11.8 Å². The van der Waals surface area contributed by atoms with E-state index in [9.17, 15) is 9.59 Å². The van der Waals surface area contributed by atoms with E-state index in [4.69, 9.17) is 9.52 Å². The smallest absolute Gasteiger partial charge is 0.460 e. The van der Waals surface area contributed by atoms with Crippen LogP contribution in [-0.2, 0) is 0 Å². The minimum Gasteiger partial charge on any atom is -0.460 e. The van der Waals surface area contributed by atoms with Crippen molar-refractivity contribution >= 4 is 17.1 Å². The summed E-state index contributed by atoms with van der Waals surface area (Å²) in [7, 11) is 0. The van der Waals surface area contributed by atoms with Crippen molar-refractivity contribution < 1.29 is 19.1 Å². The zero-order chi connectivity index (χ0) is 10.8. The summed E-state index contributed by atoms with van der Waals surface area (Å²) in [6.07, 6.45) is -0.559.